The van der Waals surface area contributed by atoms with Crippen LogP contribution < -0.4 is 5.32 Å². The van der Waals surface area contributed by atoms with Gasteiger partial charge in [0.05, 0.1) is 25.4 Å². The van der Waals surface area contributed by atoms with Gasteiger partial charge in [0.1, 0.15) is 0 Å². The fourth-order valence-corrected chi connectivity index (χ4v) is 11.3. The van der Waals surface area contributed by atoms with E-state index < -0.39 is 12.1 Å². The lowest BCUT2D eigenvalue weighted by Crippen LogP contribution is -2.45. The van der Waals surface area contributed by atoms with E-state index in [1.807, 2.05) is 6.08 Å². The van der Waals surface area contributed by atoms with Gasteiger partial charge in [-0.05, 0) is 57.8 Å². The van der Waals surface area contributed by atoms with Crippen molar-refractivity contribution in [2.75, 3.05) is 13.2 Å². The number of carbonyl (C=O) groups is 2. The minimum atomic E-state index is -0.851. The summed E-state index contributed by atoms with van der Waals surface area (Å²) < 4.78 is 5.50. The van der Waals surface area contributed by atoms with Crippen LogP contribution >= 0.6 is 0 Å². The quantitative estimate of drug-likeness (QED) is 0.0320. The van der Waals surface area contributed by atoms with Crippen LogP contribution in [0.5, 0.6) is 0 Å². The van der Waals surface area contributed by atoms with Crippen molar-refractivity contribution >= 4 is 11.9 Å². The number of carbonyl (C=O) groups excluding carboxylic acids is 2. The van der Waals surface area contributed by atoms with E-state index in [1.54, 1.807) is 6.08 Å². The Hall–Kier alpha value is -1.66. The summed E-state index contributed by atoms with van der Waals surface area (Å²) >= 11 is 0. The molecule has 0 saturated heterocycles. The summed E-state index contributed by atoms with van der Waals surface area (Å²) in [4.78, 5) is 24.6. The molecule has 0 fully saturated rings. The van der Waals surface area contributed by atoms with Crippen LogP contribution in [0.25, 0.3) is 0 Å². The summed E-state index contributed by atoms with van der Waals surface area (Å²) in [5, 5.41) is 23.3. The molecule has 1 amide bonds. The van der Waals surface area contributed by atoms with E-state index in [2.05, 4.69) is 31.3 Å². The maximum absolute atomic E-state index is 12.5. The van der Waals surface area contributed by atoms with Crippen LogP contribution in [0.15, 0.2) is 24.3 Å². The first-order chi connectivity index (χ1) is 38.5. The lowest BCUT2D eigenvalue weighted by molar-refractivity contribution is -0.143. The molecule has 462 valence electrons. The van der Waals surface area contributed by atoms with Crippen molar-refractivity contribution in [1.29, 1.82) is 0 Å². The Morgan fingerprint density at radius 1 is 0.346 bits per heavy atom. The van der Waals surface area contributed by atoms with Crippen LogP contribution in [0, 0.1) is 0 Å². The highest BCUT2D eigenvalue weighted by Gasteiger charge is 2.18. The third-order valence-electron chi connectivity index (χ3n) is 16.7. The highest BCUT2D eigenvalue weighted by Crippen LogP contribution is 2.19. The molecule has 0 bridgehead atoms. The Bertz CT molecular complexity index is 1220. The number of unbranched alkanes of at least 4 members (excludes halogenated alkanes) is 54. The summed E-state index contributed by atoms with van der Waals surface area (Å²) in [5.41, 5.74) is 0. The normalized spacial score (nSPS) is 12.6. The van der Waals surface area contributed by atoms with Crippen molar-refractivity contribution in [2.45, 2.75) is 411 Å². The van der Waals surface area contributed by atoms with Crippen molar-refractivity contribution in [2.24, 2.45) is 0 Å². The first-order valence-corrected chi connectivity index (χ1v) is 35.6. The minimum Gasteiger partial charge on any atom is -0.466 e. The second kappa shape index (κ2) is 67.8. The summed E-state index contributed by atoms with van der Waals surface area (Å²) in [6.07, 6.45) is 85.4. The van der Waals surface area contributed by atoms with Gasteiger partial charge in [0, 0.05) is 12.8 Å². The fraction of sp³-hybridized carbons (Fsp3) is 0.917. The van der Waals surface area contributed by atoms with Gasteiger partial charge >= 0.3 is 5.97 Å². The van der Waals surface area contributed by atoms with Gasteiger partial charge in [-0.25, -0.2) is 0 Å². The van der Waals surface area contributed by atoms with Crippen LogP contribution in [-0.2, 0) is 14.3 Å². The fourth-order valence-electron chi connectivity index (χ4n) is 11.3. The number of rotatable bonds is 67. The third kappa shape index (κ3) is 63.5. The topological polar surface area (TPSA) is 95.9 Å². The van der Waals surface area contributed by atoms with E-state index in [1.165, 1.54) is 327 Å². The Morgan fingerprint density at radius 3 is 0.910 bits per heavy atom. The SMILES string of the molecule is CCCCCCCCCCCCCCCCCCCCCCCCC/C=C/C(O)C(CO)NC(=O)CCCCCCCCC/C=C\CCCCCCCCCCCOC(=O)CCCCCCCCCCCCCCCCCC. The van der Waals surface area contributed by atoms with Gasteiger partial charge in [0.15, 0.2) is 0 Å². The van der Waals surface area contributed by atoms with Crippen LogP contribution in [0.2, 0.25) is 0 Å². The molecule has 0 heterocycles. The van der Waals surface area contributed by atoms with Gasteiger partial charge in [-0.15, -0.1) is 0 Å². The lowest BCUT2D eigenvalue weighted by atomic mass is 10.0. The second-order valence-electron chi connectivity index (χ2n) is 24.6. The van der Waals surface area contributed by atoms with E-state index in [0.29, 0.717) is 19.4 Å². The van der Waals surface area contributed by atoms with Gasteiger partial charge in [0.25, 0.3) is 0 Å². The van der Waals surface area contributed by atoms with Crippen molar-refractivity contribution < 1.29 is 24.5 Å². The number of aliphatic hydroxyl groups excluding tert-OH is 2. The Labute approximate surface area is 488 Å². The Balaban J connectivity index is 3.44. The van der Waals surface area contributed by atoms with Crippen LogP contribution in [0.3, 0.4) is 0 Å². The average molecular weight is 1100 g/mol. The number of esters is 1. The maximum atomic E-state index is 12.5. The summed E-state index contributed by atoms with van der Waals surface area (Å²) in [5.74, 6) is -0.0620. The van der Waals surface area contributed by atoms with Gasteiger partial charge in [-0.2, -0.15) is 0 Å². The number of allylic oxidation sites excluding steroid dienone is 3. The number of nitrogens with one attached hydrogen (secondary N) is 1. The highest BCUT2D eigenvalue weighted by molar-refractivity contribution is 5.76. The van der Waals surface area contributed by atoms with E-state index in [-0.39, 0.29) is 18.5 Å². The monoisotopic (exact) mass is 1100 g/mol. The van der Waals surface area contributed by atoms with Crippen molar-refractivity contribution in [3.8, 4) is 0 Å². The van der Waals surface area contributed by atoms with E-state index in [0.717, 1.165) is 44.9 Å². The first kappa shape index (κ1) is 76.3. The largest absolute Gasteiger partial charge is 0.466 e. The molecule has 0 radical (unpaired) electrons. The molecule has 0 aliphatic rings. The molecule has 0 rings (SSSR count). The smallest absolute Gasteiger partial charge is 0.305 e. The van der Waals surface area contributed by atoms with Crippen LogP contribution in [-0.4, -0.2) is 47.4 Å². The zero-order valence-electron chi connectivity index (χ0n) is 52.9. The molecule has 0 spiro atoms. The predicted octanol–water partition coefficient (Wildman–Crippen LogP) is 22.9. The predicted molar refractivity (Wildman–Crippen MR) is 343 cm³/mol. The van der Waals surface area contributed by atoms with Gasteiger partial charge in [0.2, 0.25) is 5.91 Å². The molecular weight excluding hydrogens is 959 g/mol. The number of hydrogen-bond donors (Lipinski definition) is 3. The van der Waals surface area contributed by atoms with Crippen molar-refractivity contribution in [1.82, 2.24) is 5.32 Å². The lowest BCUT2D eigenvalue weighted by Gasteiger charge is -2.20. The van der Waals surface area contributed by atoms with Crippen molar-refractivity contribution in [3.05, 3.63) is 24.3 Å². The molecule has 78 heavy (non-hydrogen) atoms. The number of amides is 1. The molecule has 3 N–H and O–H groups in total. The van der Waals surface area contributed by atoms with Gasteiger partial charge < -0.3 is 20.3 Å². The van der Waals surface area contributed by atoms with Gasteiger partial charge in [-0.3, -0.25) is 9.59 Å². The molecule has 0 aromatic heterocycles. The second-order valence-corrected chi connectivity index (χ2v) is 24.6. The molecule has 2 unspecified atom stereocenters. The van der Waals surface area contributed by atoms with Crippen LogP contribution in [0.4, 0.5) is 0 Å². The molecular formula is C72H139NO5. The van der Waals surface area contributed by atoms with Gasteiger partial charge in [-0.1, -0.05) is 353 Å². The zero-order chi connectivity index (χ0) is 56.4. The third-order valence-corrected chi connectivity index (χ3v) is 16.7. The first-order valence-electron chi connectivity index (χ1n) is 35.6. The number of hydrogen-bond acceptors (Lipinski definition) is 5. The van der Waals surface area contributed by atoms with E-state index >= 15 is 0 Å². The van der Waals surface area contributed by atoms with Crippen LogP contribution in [0.1, 0.15) is 399 Å². The molecule has 0 saturated carbocycles. The molecule has 0 aromatic rings. The standard InChI is InChI=1S/C72H139NO5/c1-3-5-7-9-11-13-15-17-19-21-22-23-24-25-26-27-30-33-36-40-44-48-52-56-60-64-70(75)69(68-74)73-71(76)65-61-57-53-49-45-41-37-34-31-28-29-32-35-39-43-47-51-55-59-63-67-78-72(77)66-62-58-54-50-46-42-38-20-18-16-14-12-10-8-6-4-2/h28,31,60,64,69-70,74-75H,3-27,29-30,32-59,61-63,65-68H2,1-2H3,(H,73,76)/b31-28-,64-60+. The maximum Gasteiger partial charge on any atom is 0.305 e. The molecule has 0 aromatic carbocycles. The highest BCUT2D eigenvalue weighted by atomic mass is 16.5. The molecule has 6 nitrogen and oxygen atoms in total. The molecule has 0 aliphatic heterocycles. The number of aliphatic hydroxyl groups is 2. The summed E-state index contributed by atoms with van der Waals surface area (Å²) in [6, 6.07) is -0.636. The van der Waals surface area contributed by atoms with E-state index in [4.69, 9.17) is 4.74 Å². The zero-order valence-corrected chi connectivity index (χ0v) is 52.9. The van der Waals surface area contributed by atoms with Crippen molar-refractivity contribution in [3.63, 3.8) is 0 Å². The average Bonchev–Trinajstić information content (AvgIpc) is 3.44. The molecule has 0 aliphatic carbocycles. The molecule has 6 heteroatoms. The molecule has 2 atom stereocenters. The minimum absolute atomic E-state index is 0.0100. The summed E-state index contributed by atoms with van der Waals surface area (Å²) in [7, 11) is 0. The number of ether oxygens (including phenoxy) is 1. The van der Waals surface area contributed by atoms with E-state index in [9.17, 15) is 19.8 Å². The Morgan fingerprint density at radius 2 is 0.603 bits per heavy atom. The summed E-state index contributed by atoms with van der Waals surface area (Å²) in [6.45, 7) is 4.94. The Kier molecular flexibility index (Phi) is 66.4.